The number of piperidine rings is 1. The van der Waals surface area contributed by atoms with E-state index in [1.807, 2.05) is 43.0 Å². The summed E-state index contributed by atoms with van der Waals surface area (Å²) in [5.41, 5.74) is 3.06. The highest BCUT2D eigenvalue weighted by atomic mass is 16.5. The van der Waals surface area contributed by atoms with Gasteiger partial charge in [0.05, 0.1) is 6.10 Å². The molecule has 7 heteroatoms. The molecule has 1 aromatic heterocycles. The molecule has 1 fully saturated rings. The SMILES string of the molecule is CC(C)Oc1ccccc1[C@@H](C(=O)O)N1CCC(C(=O)CCCCc2ccc3c(n2)NCCC3)CC1. The van der Waals surface area contributed by atoms with Crippen LogP contribution in [-0.4, -0.2) is 52.5 Å². The number of aryl methyl sites for hydroxylation is 2. The first-order valence-electron chi connectivity index (χ1n) is 13.4. The Balaban J connectivity index is 1.25. The number of ketones is 1. The highest BCUT2D eigenvalue weighted by molar-refractivity contribution is 5.81. The van der Waals surface area contributed by atoms with Crippen molar-refractivity contribution in [1.82, 2.24) is 9.88 Å². The molecule has 2 aliphatic heterocycles. The number of ether oxygens (including phenoxy) is 1. The van der Waals surface area contributed by atoms with Crippen LogP contribution in [0.3, 0.4) is 0 Å². The summed E-state index contributed by atoms with van der Waals surface area (Å²) < 4.78 is 5.89. The quantitative estimate of drug-likeness (QED) is 0.423. The van der Waals surface area contributed by atoms with E-state index in [9.17, 15) is 14.7 Å². The number of nitrogens with zero attached hydrogens (tertiary/aromatic N) is 2. The zero-order valence-corrected chi connectivity index (χ0v) is 21.5. The predicted molar refractivity (Wildman–Crippen MR) is 140 cm³/mol. The van der Waals surface area contributed by atoms with Crippen LogP contribution in [0.1, 0.15) is 75.2 Å². The Kier molecular flexibility index (Phi) is 8.97. The highest BCUT2D eigenvalue weighted by Gasteiger charge is 2.34. The third-order valence-electron chi connectivity index (χ3n) is 7.22. The molecule has 0 bridgehead atoms. The summed E-state index contributed by atoms with van der Waals surface area (Å²) in [5.74, 6) is 1.08. The maximum atomic E-state index is 12.9. The molecular weight excluding hydrogens is 454 g/mol. The number of unbranched alkanes of at least 4 members (excludes halogenated alkanes) is 1. The lowest BCUT2D eigenvalue weighted by Gasteiger charge is -2.36. The van der Waals surface area contributed by atoms with E-state index < -0.39 is 12.0 Å². The Hall–Kier alpha value is -2.93. The first-order valence-corrected chi connectivity index (χ1v) is 13.4. The third kappa shape index (κ3) is 6.64. The fraction of sp³-hybridized carbons (Fsp3) is 0.552. The van der Waals surface area contributed by atoms with Crippen LogP contribution in [0.4, 0.5) is 5.82 Å². The number of fused-ring (bicyclic) bond motifs is 1. The Labute approximate surface area is 214 Å². The normalized spacial score (nSPS) is 17.3. The first kappa shape index (κ1) is 26.1. The lowest BCUT2D eigenvalue weighted by atomic mass is 9.88. The Bertz CT molecular complexity index is 1050. The number of pyridine rings is 1. The fourth-order valence-corrected chi connectivity index (χ4v) is 5.35. The van der Waals surface area contributed by atoms with Gasteiger partial charge in [-0.2, -0.15) is 0 Å². The number of rotatable bonds is 11. The number of hydrogen-bond donors (Lipinski definition) is 2. The van der Waals surface area contributed by atoms with Crippen molar-refractivity contribution >= 4 is 17.6 Å². The summed E-state index contributed by atoms with van der Waals surface area (Å²) in [5, 5.41) is 13.4. The molecule has 0 unspecified atom stereocenters. The summed E-state index contributed by atoms with van der Waals surface area (Å²) in [4.78, 5) is 31.9. The van der Waals surface area contributed by atoms with Crippen LogP contribution in [0.5, 0.6) is 5.75 Å². The van der Waals surface area contributed by atoms with E-state index in [4.69, 9.17) is 9.72 Å². The molecule has 36 heavy (non-hydrogen) atoms. The van der Waals surface area contributed by atoms with Gasteiger partial charge in [-0.25, -0.2) is 4.98 Å². The molecule has 0 saturated carbocycles. The smallest absolute Gasteiger partial charge is 0.325 e. The predicted octanol–water partition coefficient (Wildman–Crippen LogP) is 5.05. The van der Waals surface area contributed by atoms with E-state index in [0.717, 1.165) is 50.2 Å². The topological polar surface area (TPSA) is 91.8 Å². The Morgan fingerprint density at radius 1 is 1.14 bits per heavy atom. The summed E-state index contributed by atoms with van der Waals surface area (Å²) in [6.45, 7) is 6.04. The van der Waals surface area contributed by atoms with Crippen LogP contribution in [0, 0.1) is 5.92 Å². The molecule has 4 rings (SSSR count). The number of nitrogens with one attached hydrogen (secondary N) is 1. The summed E-state index contributed by atoms with van der Waals surface area (Å²) in [6.07, 6.45) is 6.90. The minimum absolute atomic E-state index is 0.0175. The minimum atomic E-state index is -0.884. The molecule has 0 amide bonds. The largest absolute Gasteiger partial charge is 0.491 e. The number of hydrogen-bond acceptors (Lipinski definition) is 6. The third-order valence-corrected chi connectivity index (χ3v) is 7.22. The van der Waals surface area contributed by atoms with Crippen LogP contribution in [0.2, 0.25) is 0 Å². The number of carbonyl (C=O) groups excluding carboxylic acids is 1. The molecule has 2 aliphatic rings. The lowest BCUT2D eigenvalue weighted by molar-refractivity contribution is -0.144. The maximum absolute atomic E-state index is 12.9. The van der Waals surface area contributed by atoms with Crippen LogP contribution < -0.4 is 10.1 Å². The lowest BCUT2D eigenvalue weighted by Crippen LogP contribution is -2.41. The molecule has 0 aliphatic carbocycles. The van der Waals surface area contributed by atoms with Crippen molar-refractivity contribution in [2.24, 2.45) is 5.92 Å². The van der Waals surface area contributed by atoms with E-state index in [1.54, 1.807) is 0 Å². The number of anilines is 1. The van der Waals surface area contributed by atoms with Crippen molar-refractivity contribution in [3.8, 4) is 5.75 Å². The molecule has 3 heterocycles. The molecule has 0 radical (unpaired) electrons. The number of aromatic nitrogens is 1. The zero-order valence-electron chi connectivity index (χ0n) is 21.5. The van der Waals surface area contributed by atoms with Crippen molar-refractivity contribution in [2.75, 3.05) is 25.0 Å². The van der Waals surface area contributed by atoms with Gasteiger partial charge in [-0.15, -0.1) is 0 Å². The average Bonchev–Trinajstić information content (AvgIpc) is 2.87. The number of benzene rings is 1. The number of Topliss-reactive ketones (excluding diaryl/α,β-unsaturated/α-hetero) is 1. The number of carbonyl (C=O) groups is 2. The van der Waals surface area contributed by atoms with E-state index >= 15 is 0 Å². The van der Waals surface area contributed by atoms with Crippen molar-refractivity contribution < 1.29 is 19.4 Å². The fourth-order valence-electron chi connectivity index (χ4n) is 5.35. The zero-order chi connectivity index (χ0) is 25.5. The van der Waals surface area contributed by atoms with Gasteiger partial charge in [-0.3, -0.25) is 14.5 Å². The van der Waals surface area contributed by atoms with Gasteiger partial charge in [0.15, 0.2) is 0 Å². The van der Waals surface area contributed by atoms with Crippen molar-refractivity contribution in [3.63, 3.8) is 0 Å². The number of likely N-dealkylation sites (tertiary alicyclic amines) is 1. The van der Waals surface area contributed by atoms with E-state index in [-0.39, 0.29) is 12.0 Å². The molecule has 7 nitrogen and oxygen atoms in total. The Morgan fingerprint density at radius 3 is 2.67 bits per heavy atom. The van der Waals surface area contributed by atoms with E-state index in [2.05, 4.69) is 17.4 Å². The monoisotopic (exact) mass is 493 g/mol. The summed E-state index contributed by atoms with van der Waals surface area (Å²) in [6, 6.07) is 10.9. The summed E-state index contributed by atoms with van der Waals surface area (Å²) >= 11 is 0. The van der Waals surface area contributed by atoms with Gasteiger partial charge in [0.1, 0.15) is 23.4 Å². The van der Waals surface area contributed by atoms with Crippen LogP contribution in [0.25, 0.3) is 0 Å². The highest BCUT2D eigenvalue weighted by Crippen LogP contribution is 2.34. The average molecular weight is 494 g/mol. The molecular formula is C29H39N3O4. The summed E-state index contributed by atoms with van der Waals surface area (Å²) in [7, 11) is 0. The molecule has 1 atom stereocenters. The number of carboxylic acid groups (broad SMARTS) is 1. The van der Waals surface area contributed by atoms with Gasteiger partial charge in [-0.05, 0) is 89.6 Å². The first-order chi connectivity index (χ1) is 17.4. The molecule has 1 saturated heterocycles. The maximum Gasteiger partial charge on any atom is 0.325 e. The molecule has 2 N–H and O–H groups in total. The number of aliphatic carboxylic acids is 1. The van der Waals surface area contributed by atoms with Gasteiger partial charge in [-0.1, -0.05) is 24.3 Å². The standard InChI is InChI=1S/C29H39N3O4/c1-20(2)36-26-12-6-4-10-24(26)27(29(34)35)32-18-15-21(16-19-32)25(33)11-5-3-9-23-14-13-22-8-7-17-30-28(22)31-23/h4,6,10,12-14,20-21,27H,3,5,7-9,11,15-19H2,1-2H3,(H,30,31)(H,34,35)/t27-/m0/s1. The second-order valence-corrected chi connectivity index (χ2v) is 10.3. The second-order valence-electron chi connectivity index (χ2n) is 10.3. The van der Waals surface area contributed by atoms with E-state index in [1.165, 1.54) is 5.56 Å². The van der Waals surface area contributed by atoms with Crippen LogP contribution in [0.15, 0.2) is 36.4 Å². The van der Waals surface area contributed by atoms with E-state index in [0.29, 0.717) is 49.4 Å². The minimum Gasteiger partial charge on any atom is -0.491 e. The second kappa shape index (κ2) is 12.3. The van der Waals surface area contributed by atoms with Crippen LogP contribution in [-0.2, 0) is 22.4 Å². The van der Waals surface area contributed by atoms with Gasteiger partial charge in [0, 0.05) is 30.1 Å². The van der Waals surface area contributed by atoms with Gasteiger partial charge < -0.3 is 15.2 Å². The van der Waals surface area contributed by atoms with Crippen molar-refractivity contribution in [3.05, 3.63) is 53.2 Å². The van der Waals surface area contributed by atoms with Gasteiger partial charge in [0.2, 0.25) is 0 Å². The molecule has 194 valence electrons. The van der Waals surface area contributed by atoms with Crippen LogP contribution >= 0.6 is 0 Å². The van der Waals surface area contributed by atoms with Crippen molar-refractivity contribution in [1.29, 1.82) is 0 Å². The molecule has 2 aromatic rings. The van der Waals surface area contributed by atoms with Gasteiger partial charge >= 0.3 is 5.97 Å². The Morgan fingerprint density at radius 2 is 1.92 bits per heavy atom. The number of carboxylic acids is 1. The van der Waals surface area contributed by atoms with Gasteiger partial charge in [0.25, 0.3) is 0 Å². The van der Waals surface area contributed by atoms with Crippen molar-refractivity contribution in [2.45, 2.75) is 77.4 Å². The molecule has 1 aromatic carbocycles. The number of para-hydroxylation sites is 1. The molecule has 0 spiro atoms.